The molecule has 1 heterocycles. The maximum atomic E-state index is 13.4. The number of nitrogens with one attached hydrogen (secondary N) is 1. The van der Waals surface area contributed by atoms with E-state index in [4.69, 9.17) is 4.99 Å². The number of allylic oxidation sites excluding steroid dienone is 1. The number of aliphatic imine (C=N–C) groups is 1. The van der Waals surface area contributed by atoms with E-state index in [1.165, 1.54) is 39.7 Å². The number of amides is 1. The van der Waals surface area contributed by atoms with Crippen molar-refractivity contribution in [1.82, 2.24) is 5.32 Å². The summed E-state index contributed by atoms with van der Waals surface area (Å²) in [5.74, 6) is 0.399. The van der Waals surface area contributed by atoms with Gasteiger partial charge >= 0.3 is 0 Å². The van der Waals surface area contributed by atoms with E-state index in [0.717, 1.165) is 30.1 Å². The van der Waals surface area contributed by atoms with Gasteiger partial charge in [-0.25, -0.2) is 4.99 Å². The van der Waals surface area contributed by atoms with Gasteiger partial charge in [-0.3, -0.25) is 4.79 Å². The topological polar surface area (TPSA) is 44.7 Å². The molecule has 1 N–H and O–H groups in total. The van der Waals surface area contributed by atoms with Gasteiger partial charge in [0, 0.05) is 17.4 Å². The average Bonchev–Trinajstić information content (AvgIpc) is 2.93. The van der Waals surface area contributed by atoms with Gasteiger partial charge < -0.3 is 10.2 Å². The van der Waals surface area contributed by atoms with Gasteiger partial charge in [0.2, 0.25) is 5.91 Å². The summed E-state index contributed by atoms with van der Waals surface area (Å²) < 4.78 is 0. The number of anilines is 1. The quantitative estimate of drug-likeness (QED) is 0.378. The van der Waals surface area contributed by atoms with E-state index in [1.54, 1.807) is 0 Å². The molecular weight excluding hydrogens is 474 g/mol. The molecule has 0 aromatic heterocycles. The number of nitrogens with zero attached hydrogens (tertiary/aromatic N) is 2. The second-order valence-electron chi connectivity index (χ2n) is 9.69. The Morgan fingerprint density at radius 1 is 0.973 bits per heavy atom. The van der Waals surface area contributed by atoms with Crippen molar-refractivity contribution < 1.29 is 4.79 Å². The van der Waals surface area contributed by atoms with E-state index in [1.807, 2.05) is 47.4 Å². The molecule has 2 aliphatic rings. The number of para-hydroxylation sites is 1. The zero-order valence-corrected chi connectivity index (χ0v) is 22.2. The standard InChI is InChI=1S/C32H33N3OS/c1-23(2)35(27-18-10-5-11-19-27)29(36)22-37-32-33-30(25-15-8-4-9-16-25)28-20-12-17-26(31(28)34-32)21-24-13-6-3-7-14-24/h3-11,13-16,18-19,21,23,30H,12,17,20,22H2,1-2H3,(H,33,34)/b26-21-/t30-/m0/s1. The van der Waals surface area contributed by atoms with Gasteiger partial charge in [0.25, 0.3) is 0 Å². The highest BCUT2D eigenvalue weighted by Crippen LogP contribution is 2.41. The average molecular weight is 508 g/mol. The molecule has 0 saturated heterocycles. The van der Waals surface area contributed by atoms with Crippen molar-refractivity contribution in [1.29, 1.82) is 0 Å². The lowest BCUT2D eigenvalue weighted by atomic mass is 9.84. The van der Waals surface area contributed by atoms with Crippen LogP contribution >= 0.6 is 11.8 Å². The van der Waals surface area contributed by atoms with Crippen molar-refractivity contribution in [2.45, 2.75) is 45.2 Å². The number of amidine groups is 1. The maximum absolute atomic E-state index is 13.4. The molecule has 0 saturated carbocycles. The molecule has 188 valence electrons. The van der Waals surface area contributed by atoms with Crippen molar-refractivity contribution in [2.24, 2.45) is 4.99 Å². The lowest BCUT2D eigenvalue weighted by Gasteiger charge is -2.33. The van der Waals surface area contributed by atoms with Gasteiger partial charge in [0.1, 0.15) is 6.04 Å². The Morgan fingerprint density at radius 3 is 2.30 bits per heavy atom. The van der Waals surface area contributed by atoms with Crippen molar-refractivity contribution in [3.8, 4) is 0 Å². The number of carbonyl (C=O) groups excluding carboxylic acids is 1. The minimum absolute atomic E-state index is 0.0372. The Morgan fingerprint density at radius 2 is 1.62 bits per heavy atom. The van der Waals surface area contributed by atoms with Crippen LogP contribution in [0.2, 0.25) is 0 Å². The molecule has 37 heavy (non-hydrogen) atoms. The van der Waals surface area contributed by atoms with Crippen LogP contribution in [0.15, 0.2) is 113 Å². The fourth-order valence-electron chi connectivity index (χ4n) is 5.09. The molecule has 0 unspecified atom stereocenters. The predicted octanol–water partition coefficient (Wildman–Crippen LogP) is 7.38. The zero-order valence-electron chi connectivity index (χ0n) is 21.4. The molecule has 3 aromatic rings. The van der Waals surface area contributed by atoms with Gasteiger partial charge in [-0.15, -0.1) is 0 Å². The number of thioether (sulfide) groups is 1. The molecule has 1 aliphatic heterocycles. The summed E-state index contributed by atoms with van der Waals surface area (Å²) in [6.07, 6.45) is 5.44. The van der Waals surface area contributed by atoms with Crippen LogP contribution in [0.3, 0.4) is 0 Å². The molecule has 3 aromatic carbocycles. The summed E-state index contributed by atoms with van der Waals surface area (Å²) in [7, 11) is 0. The summed E-state index contributed by atoms with van der Waals surface area (Å²) in [5.41, 5.74) is 7.14. The van der Waals surface area contributed by atoms with E-state index in [2.05, 4.69) is 73.8 Å². The fraction of sp³-hybridized carbons (Fsp3) is 0.250. The van der Waals surface area contributed by atoms with Crippen molar-refractivity contribution in [3.05, 3.63) is 119 Å². The van der Waals surface area contributed by atoms with Gasteiger partial charge in [0.05, 0.1) is 5.75 Å². The van der Waals surface area contributed by atoms with E-state index < -0.39 is 0 Å². The van der Waals surface area contributed by atoms with Crippen LogP contribution in [-0.4, -0.2) is 22.9 Å². The molecule has 0 radical (unpaired) electrons. The molecule has 4 nitrogen and oxygen atoms in total. The highest BCUT2D eigenvalue weighted by molar-refractivity contribution is 8.14. The van der Waals surface area contributed by atoms with Crippen molar-refractivity contribution in [2.75, 3.05) is 10.7 Å². The Labute approximate surface area is 224 Å². The summed E-state index contributed by atoms with van der Waals surface area (Å²) in [6.45, 7) is 4.11. The summed E-state index contributed by atoms with van der Waals surface area (Å²) in [6, 6.07) is 30.9. The Hall–Kier alpha value is -3.57. The van der Waals surface area contributed by atoms with Crippen LogP contribution in [0.1, 0.15) is 50.3 Å². The van der Waals surface area contributed by atoms with Gasteiger partial charge in [0.15, 0.2) is 5.17 Å². The molecule has 1 atom stereocenters. The molecule has 1 amide bonds. The molecule has 5 rings (SSSR count). The molecule has 1 aliphatic carbocycles. The number of hydrogen-bond donors (Lipinski definition) is 1. The first-order chi connectivity index (χ1) is 18.1. The highest BCUT2D eigenvalue weighted by atomic mass is 32.2. The third kappa shape index (κ3) is 5.89. The van der Waals surface area contributed by atoms with Crippen LogP contribution in [0.5, 0.6) is 0 Å². The van der Waals surface area contributed by atoms with Crippen LogP contribution in [-0.2, 0) is 4.79 Å². The summed E-state index contributed by atoms with van der Waals surface area (Å²) in [4.78, 5) is 20.4. The van der Waals surface area contributed by atoms with E-state index in [-0.39, 0.29) is 18.0 Å². The van der Waals surface area contributed by atoms with Gasteiger partial charge in [-0.05, 0) is 73.6 Å². The Bertz CT molecular complexity index is 1310. The second-order valence-corrected chi connectivity index (χ2v) is 10.7. The van der Waals surface area contributed by atoms with E-state index in [9.17, 15) is 4.79 Å². The third-order valence-electron chi connectivity index (χ3n) is 6.75. The lowest BCUT2D eigenvalue weighted by Crippen LogP contribution is -2.39. The minimum atomic E-state index is -0.0372. The maximum Gasteiger partial charge on any atom is 0.237 e. The predicted molar refractivity (Wildman–Crippen MR) is 157 cm³/mol. The van der Waals surface area contributed by atoms with E-state index >= 15 is 0 Å². The zero-order chi connectivity index (χ0) is 25.6. The molecule has 0 bridgehead atoms. The van der Waals surface area contributed by atoms with Crippen LogP contribution in [0.4, 0.5) is 5.69 Å². The number of hydrogen-bond acceptors (Lipinski definition) is 4. The molecule has 0 spiro atoms. The number of carbonyl (C=O) groups is 1. The van der Waals surface area contributed by atoms with Gasteiger partial charge in [-0.1, -0.05) is 90.6 Å². The van der Waals surface area contributed by atoms with Crippen molar-refractivity contribution >= 4 is 34.6 Å². The number of rotatable bonds is 6. The molecular formula is C32H33N3OS. The third-order valence-corrected chi connectivity index (χ3v) is 7.62. The SMILES string of the molecule is CC(C)N(C(=O)CSC1=N[C@@H](c2ccccc2)C2=C(N1)/C(=C\c1ccccc1)CCC2)c1ccccc1. The monoisotopic (exact) mass is 507 g/mol. The summed E-state index contributed by atoms with van der Waals surface area (Å²) >= 11 is 1.49. The van der Waals surface area contributed by atoms with Gasteiger partial charge in [-0.2, -0.15) is 0 Å². The first-order valence-electron chi connectivity index (χ1n) is 13.0. The lowest BCUT2D eigenvalue weighted by molar-refractivity contribution is -0.116. The van der Waals surface area contributed by atoms with Crippen LogP contribution in [0, 0.1) is 0 Å². The largest absolute Gasteiger partial charge is 0.335 e. The van der Waals surface area contributed by atoms with Crippen LogP contribution in [0.25, 0.3) is 6.08 Å². The van der Waals surface area contributed by atoms with E-state index in [0.29, 0.717) is 5.75 Å². The fourth-order valence-corrected chi connectivity index (χ4v) is 5.84. The Balaban J connectivity index is 1.43. The first kappa shape index (κ1) is 25.1. The highest BCUT2D eigenvalue weighted by Gasteiger charge is 2.30. The first-order valence-corrected chi connectivity index (χ1v) is 14.0. The van der Waals surface area contributed by atoms with Crippen LogP contribution < -0.4 is 10.2 Å². The normalized spacial score (nSPS) is 18.3. The smallest absolute Gasteiger partial charge is 0.237 e. The van der Waals surface area contributed by atoms with Crippen molar-refractivity contribution in [3.63, 3.8) is 0 Å². The number of benzene rings is 3. The minimum Gasteiger partial charge on any atom is -0.335 e. The molecule has 0 fully saturated rings. The molecule has 5 heteroatoms. The second kappa shape index (κ2) is 11.7. The Kier molecular flexibility index (Phi) is 7.90. The summed E-state index contributed by atoms with van der Waals surface area (Å²) in [5, 5.41) is 4.45.